The number of anilines is 3. The zero-order valence-electron chi connectivity index (χ0n) is 21.1. The number of carbonyl (C=O) groups excluding carboxylic acids is 1. The molecule has 0 saturated heterocycles. The Hall–Kier alpha value is -3.67. The van der Waals surface area contributed by atoms with Crippen LogP contribution in [-0.4, -0.2) is 29.3 Å². The summed E-state index contributed by atoms with van der Waals surface area (Å²) in [6.45, 7) is 3.21. The molecular formula is C28H26BrN3O5S2. The molecule has 0 heterocycles. The molecule has 0 spiro atoms. The van der Waals surface area contributed by atoms with Crippen LogP contribution in [0.25, 0.3) is 0 Å². The molecule has 0 fully saturated rings. The fraction of sp³-hybridized carbons (Fsp3) is 0.107. The zero-order chi connectivity index (χ0) is 28.2. The standard InChI is InChI=1S/C28H26BrN3O5S2/c1-20-8-17-27(21(2)18-20)32(39(36,37)26-6-4-3-5-7-26)19-28(33)30-23-13-15-25(16-14-23)38(34,35)31-24-11-9-22(29)10-12-24/h3-18,31H,19H2,1-2H3,(H,30,33). The number of benzene rings is 4. The number of rotatable bonds is 9. The molecule has 0 aromatic heterocycles. The molecule has 2 N–H and O–H groups in total. The highest BCUT2D eigenvalue weighted by molar-refractivity contribution is 9.10. The van der Waals surface area contributed by atoms with Gasteiger partial charge in [-0.15, -0.1) is 0 Å². The summed E-state index contributed by atoms with van der Waals surface area (Å²) in [4.78, 5) is 13.1. The van der Waals surface area contributed by atoms with E-state index in [-0.39, 0.29) is 9.79 Å². The van der Waals surface area contributed by atoms with Gasteiger partial charge >= 0.3 is 0 Å². The summed E-state index contributed by atoms with van der Waals surface area (Å²) in [6.07, 6.45) is 0. The minimum atomic E-state index is -4.05. The van der Waals surface area contributed by atoms with Gasteiger partial charge in [-0.25, -0.2) is 16.8 Å². The molecule has 11 heteroatoms. The zero-order valence-corrected chi connectivity index (χ0v) is 24.3. The minimum absolute atomic E-state index is 0.00646. The summed E-state index contributed by atoms with van der Waals surface area (Å²) in [7, 11) is -7.90. The predicted molar refractivity (Wildman–Crippen MR) is 157 cm³/mol. The van der Waals surface area contributed by atoms with Crippen molar-refractivity contribution >= 4 is 58.9 Å². The minimum Gasteiger partial charge on any atom is -0.325 e. The molecular weight excluding hydrogens is 602 g/mol. The molecule has 8 nitrogen and oxygen atoms in total. The Kier molecular flexibility index (Phi) is 8.43. The number of aryl methyl sites for hydroxylation is 2. The fourth-order valence-electron chi connectivity index (χ4n) is 3.88. The van der Waals surface area contributed by atoms with Crippen molar-refractivity contribution in [2.75, 3.05) is 20.9 Å². The monoisotopic (exact) mass is 627 g/mol. The van der Waals surface area contributed by atoms with Gasteiger partial charge in [0.1, 0.15) is 6.54 Å². The lowest BCUT2D eigenvalue weighted by Crippen LogP contribution is -2.38. The third-order valence-electron chi connectivity index (χ3n) is 5.78. The van der Waals surface area contributed by atoms with E-state index < -0.39 is 32.5 Å². The van der Waals surface area contributed by atoms with Crippen molar-refractivity contribution in [3.63, 3.8) is 0 Å². The van der Waals surface area contributed by atoms with Crippen LogP contribution >= 0.6 is 15.9 Å². The summed E-state index contributed by atoms with van der Waals surface area (Å²) >= 11 is 3.31. The first kappa shape index (κ1) is 28.3. The number of nitrogens with one attached hydrogen (secondary N) is 2. The van der Waals surface area contributed by atoms with E-state index in [2.05, 4.69) is 26.0 Å². The Morgan fingerprint density at radius 3 is 2.00 bits per heavy atom. The molecule has 0 aliphatic rings. The van der Waals surface area contributed by atoms with Crippen LogP contribution in [0.5, 0.6) is 0 Å². The van der Waals surface area contributed by atoms with Crippen molar-refractivity contribution in [3.05, 3.63) is 113 Å². The number of hydrogen-bond donors (Lipinski definition) is 2. The van der Waals surface area contributed by atoms with Crippen molar-refractivity contribution in [3.8, 4) is 0 Å². The molecule has 4 aromatic rings. The second-order valence-corrected chi connectivity index (χ2v) is 13.3. The molecule has 4 aromatic carbocycles. The highest BCUT2D eigenvalue weighted by Crippen LogP contribution is 2.28. The van der Waals surface area contributed by atoms with Gasteiger partial charge in [0.2, 0.25) is 5.91 Å². The van der Waals surface area contributed by atoms with Crippen molar-refractivity contribution in [2.45, 2.75) is 23.6 Å². The predicted octanol–water partition coefficient (Wildman–Crippen LogP) is 5.70. The molecule has 0 radical (unpaired) electrons. The van der Waals surface area contributed by atoms with Gasteiger partial charge in [0.15, 0.2) is 0 Å². The molecule has 202 valence electrons. The number of hydrogen-bond acceptors (Lipinski definition) is 5. The van der Waals surface area contributed by atoms with Gasteiger partial charge in [-0.1, -0.05) is 51.8 Å². The van der Waals surface area contributed by atoms with Crippen LogP contribution in [0.4, 0.5) is 17.1 Å². The quantitative estimate of drug-likeness (QED) is 0.247. The van der Waals surface area contributed by atoms with Crippen molar-refractivity contribution < 1.29 is 21.6 Å². The summed E-state index contributed by atoms with van der Waals surface area (Å²) in [5, 5.41) is 2.67. The highest BCUT2D eigenvalue weighted by Gasteiger charge is 2.28. The Morgan fingerprint density at radius 2 is 1.38 bits per heavy atom. The third kappa shape index (κ3) is 6.86. The smallest absolute Gasteiger partial charge is 0.264 e. The molecule has 0 bridgehead atoms. The molecule has 0 aliphatic heterocycles. The number of amides is 1. The molecule has 4 rings (SSSR count). The van der Waals surface area contributed by atoms with Gasteiger partial charge in [0.05, 0.1) is 15.5 Å². The van der Waals surface area contributed by atoms with Crippen molar-refractivity contribution in [1.82, 2.24) is 0 Å². The Bertz CT molecular complexity index is 1690. The van der Waals surface area contributed by atoms with Crippen LogP contribution in [0, 0.1) is 13.8 Å². The topological polar surface area (TPSA) is 113 Å². The maximum absolute atomic E-state index is 13.6. The lowest BCUT2D eigenvalue weighted by Gasteiger charge is -2.26. The van der Waals surface area contributed by atoms with Gasteiger partial charge in [0.25, 0.3) is 20.0 Å². The summed E-state index contributed by atoms with van der Waals surface area (Å²) < 4.78 is 57.0. The molecule has 0 aliphatic carbocycles. The maximum Gasteiger partial charge on any atom is 0.264 e. The van der Waals surface area contributed by atoms with E-state index in [0.717, 1.165) is 14.3 Å². The Labute approximate surface area is 236 Å². The second kappa shape index (κ2) is 11.6. The van der Waals surface area contributed by atoms with E-state index in [0.29, 0.717) is 22.6 Å². The van der Waals surface area contributed by atoms with Gasteiger partial charge in [-0.05, 0) is 86.1 Å². The molecule has 1 amide bonds. The van der Waals surface area contributed by atoms with E-state index >= 15 is 0 Å². The van der Waals surface area contributed by atoms with Crippen molar-refractivity contribution in [2.24, 2.45) is 0 Å². The molecule has 0 saturated carbocycles. The lowest BCUT2D eigenvalue weighted by molar-refractivity contribution is -0.114. The van der Waals surface area contributed by atoms with Gasteiger partial charge in [-0.2, -0.15) is 0 Å². The summed E-state index contributed by atoms with van der Waals surface area (Å²) in [6, 6.07) is 25.5. The lowest BCUT2D eigenvalue weighted by atomic mass is 10.1. The van der Waals surface area contributed by atoms with Gasteiger partial charge in [-0.3, -0.25) is 13.8 Å². The summed E-state index contributed by atoms with van der Waals surface area (Å²) in [5.41, 5.74) is 2.78. The molecule has 0 atom stereocenters. The average molecular weight is 629 g/mol. The first-order chi connectivity index (χ1) is 18.5. The second-order valence-electron chi connectivity index (χ2n) is 8.80. The maximum atomic E-state index is 13.6. The Balaban J connectivity index is 1.54. The van der Waals surface area contributed by atoms with Crippen LogP contribution in [0.2, 0.25) is 0 Å². The first-order valence-corrected chi connectivity index (χ1v) is 15.5. The number of sulfonamides is 2. The number of halogens is 1. The number of nitrogens with zero attached hydrogens (tertiary/aromatic N) is 1. The number of carbonyl (C=O) groups is 1. The molecule has 39 heavy (non-hydrogen) atoms. The Morgan fingerprint density at radius 1 is 0.769 bits per heavy atom. The van der Waals surface area contributed by atoms with Gasteiger partial charge in [0, 0.05) is 15.8 Å². The van der Waals surface area contributed by atoms with Crippen LogP contribution in [0.3, 0.4) is 0 Å². The average Bonchev–Trinajstić information content (AvgIpc) is 2.90. The van der Waals surface area contributed by atoms with Crippen molar-refractivity contribution in [1.29, 1.82) is 0 Å². The van der Waals surface area contributed by atoms with E-state index in [1.54, 1.807) is 61.5 Å². The van der Waals surface area contributed by atoms with E-state index in [9.17, 15) is 21.6 Å². The first-order valence-electron chi connectivity index (χ1n) is 11.8. The van der Waals surface area contributed by atoms with E-state index in [1.807, 2.05) is 13.0 Å². The summed E-state index contributed by atoms with van der Waals surface area (Å²) in [5.74, 6) is -0.585. The SMILES string of the molecule is Cc1ccc(N(CC(=O)Nc2ccc(S(=O)(=O)Nc3ccc(Br)cc3)cc2)S(=O)(=O)c2ccccc2)c(C)c1. The van der Waals surface area contributed by atoms with Crippen LogP contribution in [-0.2, 0) is 24.8 Å². The fourth-order valence-corrected chi connectivity index (χ4v) is 6.71. The molecule has 0 unspecified atom stereocenters. The van der Waals surface area contributed by atoms with Crippen LogP contribution in [0.15, 0.2) is 111 Å². The highest BCUT2D eigenvalue weighted by atomic mass is 79.9. The van der Waals surface area contributed by atoms with Crippen LogP contribution < -0.4 is 14.3 Å². The van der Waals surface area contributed by atoms with E-state index in [1.165, 1.54) is 36.4 Å². The van der Waals surface area contributed by atoms with Crippen LogP contribution in [0.1, 0.15) is 11.1 Å². The largest absolute Gasteiger partial charge is 0.325 e. The normalized spacial score (nSPS) is 11.6. The van der Waals surface area contributed by atoms with Gasteiger partial charge < -0.3 is 5.32 Å². The third-order valence-corrected chi connectivity index (χ3v) is 9.48. The van der Waals surface area contributed by atoms with E-state index in [4.69, 9.17) is 0 Å².